The van der Waals surface area contributed by atoms with Crippen molar-refractivity contribution in [2.45, 2.75) is 6.92 Å². The summed E-state index contributed by atoms with van der Waals surface area (Å²) in [5.74, 6) is 0. The molecule has 0 atom stereocenters. The van der Waals surface area contributed by atoms with Crippen molar-refractivity contribution in [3.63, 3.8) is 0 Å². The molecule has 0 fully saturated rings. The van der Waals surface area contributed by atoms with Gasteiger partial charge in [0.1, 0.15) is 0 Å². The maximum absolute atomic E-state index is 8.03. The van der Waals surface area contributed by atoms with Gasteiger partial charge in [0.2, 0.25) is 0 Å². The molecule has 0 spiro atoms. The zero-order valence-corrected chi connectivity index (χ0v) is 5.74. The first-order valence-electron chi connectivity index (χ1n) is 3.03. The fourth-order valence-electron chi connectivity index (χ4n) is 0.706. The highest BCUT2D eigenvalue weighted by Crippen LogP contribution is 1.91. The Balaban J connectivity index is 2.69. The highest BCUT2D eigenvalue weighted by Gasteiger charge is 1.93. The molecule has 0 saturated carbocycles. The van der Waals surface area contributed by atoms with E-state index in [9.17, 15) is 0 Å². The van der Waals surface area contributed by atoms with Crippen LogP contribution in [0.25, 0.3) is 0 Å². The molecule has 2 nitrogen and oxygen atoms in total. The maximum atomic E-state index is 8.03. The van der Waals surface area contributed by atoms with E-state index in [-0.39, 0.29) is 0 Å². The fraction of sp³-hybridized carbons (Fsp3) is 0.143. The van der Waals surface area contributed by atoms with E-state index in [2.05, 4.69) is 4.81 Å². The van der Waals surface area contributed by atoms with E-state index in [0.717, 1.165) is 5.46 Å². The van der Waals surface area contributed by atoms with Gasteiger partial charge >= 0.3 is 7.48 Å². The lowest BCUT2D eigenvalue weighted by molar-refractivity contribution is -0.135. The second-order valence-electron chi connectivity index (χ2n) is 2.13. The van der Waals surface area contributed by atoms with E-state index in [1.165, 1.54) is 13.0 Å². The lowest BCUT2D eigenvalue weighted by atomic mass is 9.88. The fourth-order valence-corrected chi connectivity index (χ4v) is 0.706. The van der Waals surface area contributed by atoms with Crippen LogP contribution in [0, 0.1) is 6.92 Å². The molecule has 0 amide bonds. The van der Waals surface area contributed by atoms with Crippen LogP contribution in [0.3, 0.4) is 0 Å². The minimum absolute atomic E-state index is 0.855. The summed E-state index contributed by atoms with van der Waals surface area (Å²) in [4.78, 5) is 3.84. The summed E-state index contributed by atoms with van der Waals surface area (Å²) < 4.78 is 0. The minimum atomic E-state index is 0.855. The Labute approximate surface area is 60.7 Å². The summed E-state index contributed by atoms with van der Waals surface area (Å²) in [5, 5.41) is 8.03. The van der Waals surface area contributed by atoms with Gasteiger partial charge in [0, 0.05) is 0 Å². The molecule has 0 aromatic heterocycles. The van der Waals surface area contributed by atoms with Crippen molar-refractivity contribution in [2.75, 3.05) is 0 Å². The molecule has 0 aliphatic carbocycles. The molecule has 0 saturated heterocycles. The van der Waals surface area contributed by atoms with Crippen LogP contribution in [-0.4, -0.2) is 12.7 Å². The molecule has 1 aromatic rings. The molecule has 1 aromatic carbocycles. The van der Waals surface area contributed by atoms with Gasteiger partial charge in [-0.3, -0.25) is 5.26 Å². The van der Waals surface area contributed by atoms with Gasteiger partial charge in [0.05, 0.1) is 0 Å². The quantitative estimate of drug-likeness (QED) is 0.368. The van der Waals surface area contributed by atoms with Crippen LogP contribution >= 0.6 is 0 Å². The molecule has 10 heavy (non-hydrogen) atoms. The number of aryl methyl sites for hydroxylation is 1. The topological polar surface area (TPSA) is 29.5 Å². The van der Waals surface area contributed by atoms with E-state index in [1.54, 1.807) is 0 Å². The van der Waals surface area contributed by atoms with Crippen molar-refractivity contribution in [1.29, 1.82) is 0 Å². The smallest absolute Gasteiger partial charge is 0.307 e. The third kappa shape index (κ3) is 1.86. The van der Waals surface area contributed by atoms with E-state index < -0.39 is 0 Å². The normalized spacial score (nSPS) is 9.40. The van der Waals surface area contributed by atoms with Crippen molar-refractivity contribution in [3.8, 4) is 0 Å². The molecule has 0 bridgehead atoms. The van der Waals surface area contributed by atoms with Crippen molar-refractivity contribution in [1.82, 2.24) is 0 Å². The van der Waals surface area contributed by atoms with Crippen LogP contribution in [-0.2, 0) is 4.81 Å². The Morgan fingerprint density at radius 2 is 1.90 bits per heavy atom. The molecule has 3 heteroatoms. The number of hydrogen-bond donors (Lipinski definition) is 1. The Bertz CT molecular complexity index is 195. The van der Waals surface area contributed by atoms with Gasteiger partial charge in [-0.2, -0.15) is 0 Å². The standard InChI is InChI=1S/C7H8BO2/c1-6-2-4-7(5-3-6)8-10-9/h2-5,9H,1H3. The summed E-state index contributed by atoms with van der Waals surface area (Å²) in [6.07, 6.45) is 0. The first kappa shape index (κ1) is 7.31. The van der Waals surface area contributed by atoms with Crippen LogP contribution in [0.1, 0.15) is 5.56 Å². The lowest BCUT2D eigenvalue weighted by Crippen LogP contribution is -2.15. The molecule has 0 aliphatic rings. The van der Waals surface area contributed by atoms with E-state index in [1.807, 2.05) is 31.2 Å². The predicted molar refractivity (Wildman–Crippen MR) is 40.3 cm³/mol. The third-order valence-corrected chi connectivity index (χ3v) is 1.27. The summed E-state index contributed by atoms with van der Waals surface area (Å²) in [5.41, 5.74) is 2.04. The lowest BCUT2D eigenvalue weighted by Gasteiger charge is -1.94. The average molecular weight is 135 g/mol. The number of benzene rings is 1. The zero-order valence-electron chi connectivity index (χ0n) is 5.74. The van der Waals surface area contributed by atoms with Crippen LogP contribution < -0.4 is 5.46 Å². The highest BCUT2D eigenvalue weighted by molar-refractivity contribution is 6.46. The second kappa shape index (κ2) is 3.39. The van der Waals surface area contributed by atoms with E-state index in [4.69, 9.17) is 5.26 Å². The largest absolute Gasteiger partial charge is 0.381 e. The number of rotatable bonds is 2. The van der Waals surface area contributed by atoms with Gasteiger partial charge in [0.25, 0.3) is 0 Å². The Hall–Kier alpha value is -0.795. The van der Waals surface area contributed by atoms with Gasteiger partial charge < -0.3 is 4.81 Å². The van der Waals surface area contributed by atoms with Crippen molar-refractivity contribution < 1.29 is 10.1 Å². The Morgan fingerprint density at radius 1 is 1.30 bits per heavy atom. The van der Waals surface area contributed by atoms with Crippen molar-refractivity contribution in [2.24, 2.45) is 0 Å². The molecule has 1 radical (unpaired) electrons. The highest BCUT2D eigenvalue weighted by atomic mass is 17.1. The van der Waals surface area contributed by atoms with Gasteiger partial charge in [-0.15, -0.1) is 0 Å². The van der Waals surface area contributed by atoms with Gasteiger partial charge in [-0.05, 0) is 6.92 Å². The molecule has 1 N–H and O–H groups in total. The van der Waals surface area contributed by atoms with Gasteiger partial charge in [-0.1, -0.05) is 35.3 Å². The first-order valence-corrected chi connectivity index (χ1v) is 3.03. The van der Waals surface area contributed by atoms with Crippen molar-refractivity contribution in [3.05, 3.63) is 29.8 Å². The van der Waals surface area contributed by atoms with Gasteiger partial charge in [-0.25, -0.2) is 0 Å². The summed E-state index contributed by atoms with van der Waals surface area (Å²) in [7, 11) is 1.28. The minimum Gasteiger partial charge on any atom is -0.307 e. The van der Waals surface area contributed by atoms with Gasteiger partial charge in [0.15, 0.2) is 0 Å². The molecule has 0 aliphatic heterocycles. The van der Waals surface area contributed by atoms with E-state index in [0.29, 0.717) is 0 Å². The van der Waals surface area contributed by atoms with Crippen LogP contribution in [0.2, 0.25) is 0 Å². The zero-order chi connectivity index (χ0) is 7.40. The first-order chi connectivity index (χ1) is 4.83. The third-order valence-electron chi connectivity index (χ3n) is 1.27. The van der Waals surface area contributed by atoms with Crippen LogP contribution in [0.15, 0.2) is 24.3 Å². The second-order valence-corrected chi connectivity index (χ2v) is 2.13. The molecule has 1 rings (SSSR count). The molecule has 0 heterocycles. The Kier molecular flexibility index (Phi) is 2.48. The summed E-state index contributed by atoms with van der Waals surface area (Å²) >= 11 is 0. The van der Waals surface area contributed by atoms with E-state index >= 15 is 0 Å². The SMILES string of the molecule is Cc1ccc([B]OO)cc1. The summed E-state index contributed by atoms with van der Waals surface area (Å²) in [6, 6.07) is 7.63. The summed E-state index contributed by atoms with van der Waals surface area (Å²) in [6.45, 7) is 2.00. The molecule has 0 unspecified atom stereocenters. The van der Waals surface area contributed by atoms with Crippen LogP contribution in [0.4, 0.5) is 0 Å². The van der Waals surface area contributed by atoms with Crippen molar-refractivity contribution >= 4 is 12.9 Å². The van der Waals surface area contributed by atoms with Crippen LogP contribution in [0.5, 0.6) is 0 Å². The molecular weight excluding hydrogens is 127 g/mol. The average Bonchev–Trinajstić information content (AvgIpc) is 1.95. The predicted octanol–water partition coefficient (Wildman–Crippen LogP) is 0.729. The maximum Gasteiger partial charge on any atom is 0.381 e. The monoisotopic (exact) mass is 135 g/mol. The molecule has 51 valence electrons. The number of hydrogen-bond acceptors (Lipinski definition) is 2. The molecular formula is C7H8BO2. The Morgan fingerprint density at radius 3 is 2.40 bits per heavy atom.